The zero-order valence-corrected chi connectivity index (χ0v) is 16.1. The van der Waals surface area contributed by atoms with Gasteiger partial charge in [0.05, 0.1) is 13.2 Å². The number of carbonyl (C=O) groups excluding carboxylic acids is 1. The van der Waals surface area contributed by atoms with E-state index in [2.05, 4.69) is 29.7 Å². The molecule has 1 aliphatic rings. The molecule has 1 fully saturated rings. The van der Waals surface area contributed by atoms with Crippen LogP contribution in [0.3, 0.4) is 0 Å². The van der Waals surface area contributed by atoms with Gasteiger partial charge in [0.1, 0.15) is 5.75 Å². The number of piperidine rings is 1. The molecule has 1 aromatic rings. The Bertz CT molecular complexity index is 496. The molecule has 2 unspecified atom stereocenters. The predicted molar refractivity (Wildman–Crippen MR) is 103 cm³/mol. The molecule has 142 valence electrons. The third-order valence-corrected chi connectivity index (χ3v) is 4.47. The number of nitrogens with one attached hydrogen (secondary N) is 2. The standard InChI is InChI=1S/C19H30N2O3.ClH/c1-15-14-20-11-9-18(15)21-19(22)4-3-12-24-17-7-5-16(6-8-17)10-13-23-2;/h5-8,15,18,20H,3-4,9-14H2,1-2H3,(H,21,22);1H. The summed E-state index contributed by atoms with van der Waals surface area (Å²) in [6, 6.07) is 8.36. The first kappa shape index (κ1) is 21.7. The van der Waals surface area contributed by atoms with Crippen LogP contribution in [-0.2, 0) is 16.0 Å². The molecule has 5 nitrogen and oxygen atoms in total. The third-order valence-electron chi connectivity index (χ3n) is 4.47. The Morgan fingerprint density at radius 1 is 1.28 bits per heavy atom. The van der Waals surface area contributed by atoms with Crippen LogP contribution in [0.25, 0.3) is 0 Å². The van der Waals surface area contributed by atoms with Crippen LogP contribution in [0.5, 0.6) is 5.75 Å². The average Bonchev–Trinajstić information content (AvgIpc) is 2.60. The van der Waals surface area contributed by atoms with Crippen molar-refractivity contribution in [3.63, 3.8) is 0 Å². The van der Waals surface area contributed by atoms with Crippen LogP contribution in [0.1, 0.15) is 31.7 Å². The van der Waals surface area contributed by atoms with Crippen LogP contribution in [0.2, 0.25) is 0 Å². The summed E-state index contributed by atoms with van der Waals surface area (Å²) >= 11 is 0. The van der Waals surface area contributed by atoms with Gasteiger partial charge in [0.15, 0.2) is 0 Å². The van der Waals surface area contributed by atoms with Gasteiger partial charge in [-0.15, -0.1) is 12.4 Å². The summed E-state index contributed by atoms with van der Waals surface area (Å²) in [5.74, 6) is 1.48. The molecule has 1 heterocycles. The molecule has 2 atom stereocenters. The zero-order chi connectivity index (χ0) is 17.2. The Kier molecular flexibility index (Phi) is 10.5. The van der Waals surface area contributed by atoms with Gasteiger partial charge in [-0.3, -0.25) is 4.79 Å². The van der Waals surface area contributed by atoms with Gasteiger partial charge in [-0.05, 0) is 56.0 Å². The van der Waals surface area contributed by atoms with E-state index >= 15 is 0 Å². The number of rotatable bonds is 9. The first-order valence-corrected chi connectivity index (χ1v) is 8.90. The molecule has 1 aliphatic heterocycles. The summed E-state index contributed by atoms with van der Waals surface area (Å²) in [5.41, 5.74) is 1.24. The number of hydrogen-bond acceptors (Lipinski definition) is 4. The summed E-state index contributed by atoms with van der Waals surface area (Å²) in [6.07, 6.45) is 3.17. The van der Waals surface area contributed by atoms with Gasteiger partial charge >= 0.3 is 0 Å². The summed E-state index contributed by atoms with van der Waals surface area (Å²) in [5, 5.41) is 6.49. The van der Waals surface area contributed by atoms with E-state index in [9.17, 15) is 4.79 Å². The lowest BCUT2D eigenvalue weighted by molar-refractivity contribution is -0.122. The molecule has 0 saturated carbocycles. The number of halogens is 1. The first-order chi connectivity index (χ1) is 11.7. The maximum Gasteiger partial charge on any atom is 0.220 e. The van der Waals surface area contributed by atoms with Crippen molar-refractivity contribution in [3.05, 3.63) is 29.8 Å². The molecule has 2 rings (SSSR count). The highest BCUT2D eigenvalue weighted by Gasteiger charge is 2.22. The minimum Gasteiger partial charge on any atom is -0.494 e. The molecule has 1 amide bonds. The molecular formula is C19H31ClN2O3. The van der Waals surface area contributed by atoms with Crippen molar-refractivity contribution < 1.29 is 14.3 Å². The minimum absolute atomic E-state index is 0. The number of amides is 1. The number of hydrogen-bond donors (Lipinski definition) is 2. The fourth-order valence-corrected chi connectivity index (χ4v) is 2.90. The Hall–Kier alpha value is -1.30. The Labute approximate surface area is 157 Å². The smallest absolute Gasteiger partial charge is 0.220 e. The van der Waals surface area contributed by atoms with E-state index in [4.69, 9.17) is 9.47 Å². The molecule has 0 bridgehead atoms. The zero-order valence-electron chi connectivity index (χ0n) is 15.3. The van der Waals surface area contributed by atoms with Gasteiger partial charge in [0, 0.05) is 19.6 Å². The molecule has 0 aromatic heterocycles. The lowest BCUT2D eigenvalue weighted by Crippen LogP contribution is -2.48. The van der Waals surface area contributed by atoms with Gasteiger partial charge in [-0.25, -0.2) is 0 Å². The van der Waals surface area contributed by atoms with E-state index in [1.54, 1.807) is 7.11 Å². The first-order valence-electron chi connectivity index (χ1n) is 8.90. The quantitative estimate of drug-likeness (QED) is 0.656. The molecule has 1 aromatic carbocycles. The van der Waals surface area contributed by atoms with Gasteiger partial charge in [0.25, 0.3) is 0 Å². The Balaban J connectivity index is 0.00000312. The van der Waals surface area contributed by atoms with Crippen LogP contribution in [0.4, 0.5) is 0 Å². The second-order valence-corrected chi connectivity index (χ2v) is 6.48. The van der Waals surface area contributed by atoms with Gasteiger partial charge in [-0.1, -0.05) is 19.1 Å². The van der Waals surface area contributed by atoms with Crippen molar-refractivity contribution in [1.82, 2.24) is 10.6 Å². The van der Waals surface area contributed by atoms with E-state index in [-0.39, 0.29) is 18.3 Å². The van der Waals surface area contributed by atoms with Crippen molar-refractivity contribution in [1.29, 1.82) is 0 Å². The highest BCUT2D eigenvalue weighted by molar-refractivity contribution is 5.85. The summed E-state index contributed by atoms with van der Waals surface area (Å²) in [6.45, 7) is 5.43. The van der Waals surface area contributed by atoms with E-state index in [0.29, 0.717) is 25.0 Å². The Morgan fingerprint density at radius 2 is 2.04 bits per heavy atom. The number of carbonyl (C=O) groups is 1. The molecule has 0 aliphatic carbocycles. The van der Waals surface area contributed by atoms with Gasteiger partial charge in [0.2, 0.25) is 5.91 Å². The van der Waals surface area contributed by atoms with E-state index in [0.717, 1.165) is 44.7 Å². The summed E-state index contributed by atoms with van der Waals surface area (Å²) in [4.78, 5) is 12.0. The summed E-state index contributed by atoms with van der Waals surface area (Å²) in [7, 11) is 1.71. The van der Waals surface area contributed by atoms with Crippen molar-refractivity contribution in [3.8, 4) is 5.75 Å². The molecule has 0 radical (unpaired) electrons. The van der Waals surface area contributed by atoms with Crippen LogP contribution in [-0.4, -0.2) is 45.4 Å². The lowest BCUT2D eigenvalue weighted by atomic mass is 9.95. The van der Waals surface area contributed by atoms with Crippen LogP contribution in [0.15, 0.2) is 24.3 Å². The van der Waals surface area contributed by atoms with E-state index in [1.165, 1.54) is 5.56 Å². The van der Waals surface area contributed by atoms with Crippen LogP contribution >= 0.6 is 12.4 Å². The highest BCUT2D eigenvalue weighted by Crippen LogP contribution is 2.14. The van der Waals surface area contributed by atoms with Crippen molar-refractivity contribution in [2.75, 3.05) is 33.4 Å². The largest absolute Gasteiger partial charge is 0.494 e. The van der Waals surface area contributed by atoms with Crippen LogP contribution < -0.4 is 15.4 Å². The normalized spacial score (nSPS) is 19.8. The third kappa shape index (κ3) is 8.08. The SMILES string of the molecule is COCCc1ccc(OCCCC(=O)NC2CCNCC2C)cc1.Cl. The van der Waals surface area contributed by atoms with E-state index < -0.39 is 0 Å². The predicted octanol–water partition coefficient (Wildman–Crippen LogP) is 2.57. The Morgan fingerprint density at radius 3 is 2.72 bits per heavy atom. The van der Waals surface area contributed by atoms with E-state index in [1.807, 2.05) is 12.1 Å². The monoisotopic (exact) mass is 370 g/mol. The maximum atomic E-state index is 12.0. The minimum atomic E-state index is 0. The fraction of sp³-hybridized carbons (Fsp3) is 0.632. The molecular weight excluding hydrogens is 340 g/mol. The number of methoxy groups -OCH3 is 1. The lowest BCUT2D eigenvalue weighted by Gasteiger charge is -2.30. The number of ether oxygens (including phenoxy) is 2. The number of benzene rings is 1. The maximum absolute atomic E-state index is 12.0. The molecule has 2 N–H and O–H groups in total. The van der Waals surface area contributed by atoms with Crippen molar-refractivity contribution >= 4 is 18.3 Å². The second-order valence-electron chi connectivity index (χ2n) is 6.48. The fourth-order valence-electron chi connectivity index (χ4n) is 2.90. The topological polar surface area (TPSA) is 59.6 Å². The van der Waals surface area contributed by atoms with Crippen molar-refractivity contribution in [2.45, 2.75) is 38.6 Å². The van der Waals surface area contributed by atoms with Gasteiger partial charge < -0.3 is 20.1 Å². The second kappa shape index (κ2) is 12.1. The summed E-state index contributed by atoms with van der Waals surface area (Å²) < 4.78 is 10.8. The van der Waals surface area contributed by atoms with Crippen molar-refractivity contribution in [2.24, 2.45) is 5.92 Å². The average molecular weight is 371 g/mol. The molecule has 1 saturated heterocycles. The molecule has 6 heteroatoms. The van der Waals surface area contributed by atoms with Gasteiger partial charge in [-0.2, -0.15) is 0 Å². The van der Waals surface area contributed by atoms with Crippen LogP contribution in [0, 0.1) is 5.92 Å². The highest BCUT2D eigenvalue weighted by atomic mass is 35.5. The molecule has 0 spiro atoms. The molecule has 25 heavy (non-hydrogen) atoms.